The third-order valence-electron chi connectivity index (χ3n) is 1.92. The number of rotatable bonds is 4. The molecule has 72 valence electrons. The highest BCUT2D eigenvalue weighted by atomic mass is 15.1. The van der Waals surface area contributed by atoms with Crippen molar-refractivity contribution in [3.8, 4) is 0 Å². The molecule has 0 fully saturated rings. The van der Waals surface area contributed by atoms with Crippen molar-refractivity contribution in [3.05, 3.63) is 18.3 Å². The molecule has 0 spiro atoms. The second-order valence-corrected chi connectivity index (χ2v) is 2.93. The quantitative estimate of drug-likeness (QED) is 0.700. The van der Waals surface area contributed by atoms with E-state index in [0.29, 0.717) is 5.82 Å². The zero-order chi connectivity index (χ0) is 9.68. The molecule has 0 saturated heterocycles. The van der Waals surface area contributed by atoms with Crippen LogP contribution in [-0.2, 0) is 0 Å². The van der Waals surface area contributed by atoms with E-state index in [1.165, 1.54) is 0 Å². The molecule has 0 bridgehead atoms. The maximum absolute atomic E-state index is 5.72. The van der Waals surface area contributed by atoms with Gasteiger partial charge in [-0.2, -0.15) is 0 Å². The first kappa shape index (κ1) is 9.80. The summed E-state index contributed by atoms with van der Waals surface area (Å²) in [6, 6.07) is 3.86. The van der Waals surface area contributed by atoms with Gasteiger partial charge in [0, 0.05) is 26.3 Å². The number of nitrogens with two attached hydrogens (primary N) is 1. The molecule has 0 aliphatic heterocycles. The van der Waals surface area contributed by atoms with Gasteiger partial charge in [0.2, 0.25) is 0 Å². The molecule has 0 amide bonds. The summed E-state index contributed by atoms with van der Waals surface area (Å²) in [6.07, 6.45) is 1.70. The minimum Gasteiger partial charge on any atom is -0.382 e. The Labute approximate surface area is 78.8 Å². The molecule has 1 aromatic heterocycles. The van der Waals surface area contributed by atoms with Gasteiger partial charge >= 0.3 is 0 Å². The van der Waals surface area contributed by atoms with Gasteiger partial charge in [-0.3, -0.25) is 0 Å². The SMILES string of the molecule is CNCCN(C)c1cccnc1N. The molecule has 0 aliphatic carbocycles. The zero-order valence-corrected chi connectivity index (χ0v) is 8.12. The van der Waals surface area contributed by atoms with Crippen LogP contribution >= 0.6 is 0 Å². The monoisotopic (exact) mass is 180 g/mol. The molecular weight excluding hydrogens is 164 g/mol. The van der Waals surface area contributed by atoms with Crippen molar-refractivity contribution in [2.45, 2.75) is 0 Å². The molecule has 1 rings (SSSR count). The van der Waals surface area contributed by atoms with Crippen molar-refractivity contribution in [1.82, 2.24) is 10.3 Å². The van der Waals surface area contributed by atoms with Gasteiger partial charge in [0.25, 0.3) is 0 Å². The van der Waals surface area contributed by atoms with E-state index < -0.39 is 0 Å². The van der Waals surface area contributed by atoms with Crippen molar-refractivity contribution < 1.29 is 0 Å². The Morgan fingerprint density at radius 3 is 3.00 bits per heavy atom. The third-order valence-corrected chi connectivity index (χ3v) is 1.92. The average Bonchev–Trinajstić information content (AvgIpc) is 2.15. The number of aromatic nitrogens is 1. The molecule has 3 N–H and O–H groups in total. The summed E-state index contributed by atoms with van der Waals surface area (Å²) in [5, 5.41) is 3.08. The van der Waals surface area contributed by atoms with Crippen LogP contribution in [0, 0.1) is 0 Å². The Morgan fingerprint density at radius 1 is 1.62 bits per heavy atom. The highest BCUT2D eigenvalue weighted by molar-refractivity contribution is 5.62. The largest absolute Gasteiger partial charge is 0.382 e. The molecule has 4 nitrogen and oxygen atoms in total. The van der Waals surface area contributed by atoms with Crippen molar-refractivity contribution in [2.24, 2.45) is 0 Å². The van der Waals surface area contributed by atoms with Gasteiger partial charge in [0.1, 0.15) is 5.82 Å². The Hall–Kier alpha value is -1.29. The van der Waals surface area contributed by atoms with Crippen LogP contribution in [0.25, 0.3) is 0 Å². The number of pyridine rings is 1. The molecule has 13 heavy (non-hydrogen) atoms. The molecule has 0 atom stereocenters. The van der Waals surface area contributed by atoms with Crippen LogP contribution in [0.2, 0.25) is 0 Å². The number of nitrogens with one attached hydrogen (secondary N) is 1. The Bertz CT molecular complexity index is 262. The molecule has 1 aromatic rings. The highest BCUT2D eigenvalue weighted by Gasteiger charge is 2.03. The summed E-state index contributed by atoms with van der Waals surface area (Å²) in [6.45, 7) is 1.86. The van der Waals surface area contributed by atoms with Crippen LogP contribution in [0.3, 0.4) is 0 Å². The molecule has 0 saturated carbocycles. The fourth-order valence-corrected chi connectivity index (χ4v) is 1.13. The van der Waals surface area contributed by atoms with Crippen LogP contribution in [-0.4, -0.2) is 32.2 Å². The summed E-state index contributed by atoms with van der Waals surface area (Å²) in [4.78, 5) is 6.11. The number of nitrogen functional groups attached to an aromatic ring is 1. The lowest BCUT2D eigenvalue weighted by molar-refractivity contribution is 0.767. The van der Waals surface area contributed by atoms with E-state index in [-0.39, 0.29) is 0 Å². The molecule has 0 aromatic carbocycles. The Kier molecular flexibility index (Phi) is 3.52. The van der Waals surface area contributed by atoms with E-state index in [1.807, 2.05) is 26.2 Å². The normalized spacial score (nSPS) is 10.0. The maximum atomic E-state index is 5.72. The predicted molar refractivity (Wildman–Crippen MR) is 55.8 cm³/mol. The van der Waals surface area contributed by atoms with Crippen molar-refractivity contribution >= 4 is 11.5 Å². The summed E-state index contributed by atoms with van der Waals surface area (Å²) >= 11 is 0. The molecule has 1 heterocycles. The first-order chi connectivity index (χ1) is 6.25. The van der Waals surface area contributed by atoms with Crippen LogP contribution in [0.1, 0.15) is 0 Å². The minimum absolute atomic E-state index is 0.584. The van der Waals surface area contributed by atoms with Crippen molar-refractivity contribution in [2.75, 3.05) is 37.8 Å². The van der Waals surface area contributed by atoms with Gasteiger partial charge in [0.15, 0.2) is 0 Å². The van der Waals surface area contributed by atoms with Crippen molar-refractivity contribution in [1.29, 1.82) is 0 Å². The van der Waals surface area contributed by atoms with Crippen LogP contribution in [0.5, 0.6) is 0 Å². The third kappa shape index (κ3) is 2.59. The topological polar surface area (TPSA) is 54.2 Å². The standard InChI is InChI=1S/C9H16N4/c1-11-6-7-13(2)8-4-3-5-12-9(8)10/h3-5,11H,6-7H2,1-2H3,(H2,10,12). The number of likely N-dealkylation sites (N-methyl/N-ethyl adjacent to an activating group) is 2. The highest BCUT2D eigenvalue weighted by Crippen LogP contribution is 2.17. The summed E-state index contributed by atoms with van der Waals surface area (Å²) < 4.78 is 0. The van der Waals surface area contributed by atoms with Crippen molar-refractivity contribution in [3.63, 3.8) is 0 Å². The van der Waals surface area contributed by atoms with Crippen LogP contribution in [0.4, 0.5) is 11.5 Å². The van der Waals surface area contributed by atoms with E-state index in [2.05, 4.69) is 15.2 Å². The van der Waals surface area contributed by atoms with E-state index in [4.69, 9.17) is 5.73 Å². The summed E-state index contributed by atoms with van der Waals surface area (Å²) in [5.41, 5.74) is 6.70. The first-order valence-corrected chi connectivity index (χ1v) is 4.32. The van der Waals surface area contributed by atoms with Gasteiger partial charge in [-0.1, -0.05) is 0 Å². The van der Waals surface area contributed by atoms with Crippen LogP contribution < -0.4 is 16.0 Å². The van der Waals surface area contributed by atoms with Gasteiger partial charge in [-0.15, -0.1) is 0 Å². The van der Waals surface area contributed by atoms with E-state index in [1.54, 1.807) is 6.20 Å². The molecule has 0 aliphatic rings. The summed E-state index contributed by atoms with van der Waals surface area (Å²) in [5.74, 6) is 0.584. The lowest BCUT2D eigenvalue weighted by Gasteiger charge is -2.19. The minimum atomic E-state index is 0.584. The smallest absolute Gasteiger partial charge is 0.146 e. The number of hydrogen-bond donors (Lipinski definition) is 2. The van der Waals surface area contributed by atoms with Gasteiger partial charge in [-0.25, -0.2) is 4.98 Å². The Balaban J connectivity index is 2.65. The fraction of sp³-hybridized carbons (Fsp3) is 0.444. The number of hydrogen-bond acceptors (Lipinski definition) is 4. The predicted octanol–water partition coefficient (Wildman–Crippen LogP) is 0.319. The second kappa shape index (κ2) is 4.67. The maximum Gasteiger partial charge on any atom is 0.146 e. The zero-order valence-electron chi connectivity index (χ0n) is 8.12. The molecule has 4 heteroatoms. The average molecular weight is 180 g/mol. The summed E-state index contributed by atoms with van der Waals surface area (Å²) in [7, 11) is 3.94. The first-order valence-electron chi connectivity index (χ1n) is 4.32. The molecule has 0 unspecified atom stereocenters. The fourth-order valence-electron chi connectivity index (χ4n) is 1.13. The number of anilines is 2. The van der Waals surface area contributed by atoms with Gasteiger partial charge in [0.05, 0.1) is 5.69 Å². The van der Waals surface area contributed by atoms with Crippen LogP contribution in [0.15, 0.2) is 18.3 Å². The van der Waals surface area contributed by atoms with Gasteiger partial charge < -0.3 is 16.0 Å². The lowest BCUT2D eigenvalue weighted by Crippen LogP contribution is -2.27. The second-order valence-electron chi connectivity index (χ2n) is 2.93. The number of nitrogens with zero attached hydrogens (tertiary/aromatic N) is 2. The Morgan fingerprint density at radius 2 is 2.38 bits per heavy atom. The van der Waals surface area contributed by atoms with E-state index in [0.717, 1.165) is 18.8 Å². The molecule has 0 radical (unpaired) electrons. The van der Waals surface area contributed by atoms with E-state index in [9.17, 15) is 0 Å². The van der Waals surface area contributed by atoms with Gasteiger partial charge in [-0.05, 0) is 19.2 Å². The molecular formula is C9H16N4. The van der Waals surface area contributed by atoms with E-state index >= 15 is 0 Å². The lowest BCUT2D eigenvalue weighted by atomic mass is 10.3.